The van der Waals surface area contributed by atoms with Gasteiger partial charge in [0, 0.05) is 38.1 Å². The summed E-state index contributed by atoms with van der Waals surface area (Å²) in [6.07, 6.45) is 1.03. The number of alkyl halides is 3. The van der Waals surface area contributed by atoms with E-state index in [1.54, 1.807) is 37.0 Å². The number of hydrogen-bond acceptors (Lipinski definition) is 5. The first-order valence-electron chi connectivity index (χ1n) is 11.9. The van der Waals surface area contributed by atoms with Crippen LogP contribution in [-0.2, 0) is 30.3 Å². The van der Waals surface area contributed by atoms with E-state index in [9.17, 15) is 22.8 Å². The molecule has 3 aromatic rings. The number of benzene rings is 1. The fourth-order valence-corrected chi connectivity index (χ4v) is 4.73. The van der Waals surface area contributed by atoms with Gasteiger partial charge in [-0.2, -0.15) is 18.3 Å². The van der Waals surface area contributed by atoms with Gasteiger partial charge in [-0.15, -0.1) is 0 Å². The van der Waals surface area contributed by atoms with E-state index in [-0.39, 0.29) is 30.6 Å². The van der Waals surface area contributed by atoms with Crippen molar-refractivity contribution in [3.63, 3.8) is 0 Å². The second-order valence-electron chi connectivity index (χ2n) is 10.1. The highest BCUT2D eigenvalue weighted by atomic mass is 19.4. The summed E-state index contributed by atoms with van der Waals surface area (Å²) < 4.78 is 42.2. The number of rotatable bonds is 7. The molecule has 1 aromatic carbocycles. The van der Waals surface area contributed by atoms with E-state index >= 15 is 0 Å². The van der Waals surface area contributed by atoms with Gasteiger partial charge in [-0.25, -0.2) is 14.7 Å². The van der Waals surface area contributed by atoms with Crippen LogP contribution in [0.4, 0.5) is 29.5 Å². The number of anilines is 2. The third-order valence-electron chi connectivity index (χ3n) is 7.19. The average molecular weight is 513 g/mol. The van der Waals surface area contributed by atoms with E-state index in [1.807, 2.05) is 19.3 Å². The van der Waals surface area contributed by atoms with Gasteiger partial charge in [-0.05, 0) is 62.1 Å². The summed E-state index contributed by atoms with van der Waals surface area (Å²) in [5.74, 6) is 0.175. The number of amides is 3. The monoisotopic (exact) mass is 512 g/mol. The normalized spacial score (nSPS) is 18.4. The summed E-state index contributed by atoms with van der Waals surface area (Å²) in [7, 11) is 1.84. The van der Waals surface area contributed by atoms with Gasteiger partial charge < -0.3 is 10.2 Å². The second-order valence-corrected chi connectivity index (χ2v) is 10.1. The third kappa shape index (κ3) is 4.32. The third-order valence-corrected chi connectivity index (χ3v) is 7.19. The van der Waals surface area contributed by atoms with Gasteiger partial charge in [0.15, 0.2) is 0 Å². The second kappa shape index (κ2) is 8.60. The number of carbonyl (C=O) groups excluding carboxylic acids is 2. The van der Waals surface area contributed by atoms with Crippen molar-refractivity contribution < 1.29 is 22.8 Å². The molecule has 37 heavy (non-hydrogen) atoms. The Bertz CT molecular complexity index is 1340. The van der Waals surface area contributed by atoms with Crippen LogP contribution in [0.15, 0.2) is 55.0 Å². The average Bonchev–Trinajstić information content (AvgIpc) is 3.54. The van der Waals surface area contributed by atoms with Gasteiger partial charge in [0.25, 0.3) is 5.91 Å². The van der Waals surface area contributed by atoms with Crippen molar-refractivity contribution in [3.8, 4) is 0 Å². The maximum absolute atomic E-state index is 13.5. The number of carbonyl (C=O) groups is 2. The zero-order valence-corrected chi connectivity index (χ0v) is 20.7. The molecule has 1 saturated heterocycles. The molecule has 1 saturated carbocycles. The van der Waals surface area contributed by atoms with Gasteiger partial charge in [0.1, 0.15) is 11.4 Å². The van der Waals surface area contributed by atoms with Crippen molar-refractivity contribution in [3.05, 3.63) is 71.7 Å². The lowest BCUT2D eigenvalue weighted by molar-refractivity contribution is -0.160. The van der Waals surface area contributed by atoms with Crippen LogP contribution in [0.3, 0.4) is 0 Å². The maximum Gasteiger partial charge on any atom is 0.398 e. The highest BCUT2D eigenvalue weighted by Gasteiger charge is 2.64. The Hall–Kier alpha value is -3.89. The number of pyridine rings is 1. The Labute approximate surface area is 212 Å². The summed E-state index contributed by atoms with van der Waals surface area (Å²) >= 11 is 0. The molecule has 3 heterocycles. The first kappa shape index (κ1) is 24.8. The molecule has 2 fully saturated rings. The van der Waals surface area contributed by atoms with E-state index in [0.29, 0.717) is 12.4 Å². The smallest absolute Gasteiger partial charge is 0.366 e. The van der Waals surface area contributed by atoms with Crippen molar-refractivity contribution in [2.24, 2.45) is 7.05 Å². The van der Waals surface area contributed by atoms with Crippen LogP contribution in [0.5, 0.6) is 0 Å². The molecule has 0 bridgehead atoms. The standard InChI is InChI=1S/C26H27F3N6O2/c1-24(2)22(36)35(20-6-4-19(5-7-20)25(9-10-25)26(27,28)29)23(37)34(24)16-17-8-11-30-21(12-17)31-13-18-14-32-33(3)15-18/h4-8,11-12,14-15H,9-10,13,16H2,1-3H3,(H,30,31). The molecule has 5 rings (SSSR count). The van der Waals surface area contributed by atoms with E-state index in [0.717, 1.165) is 16.0 Å². The fourth-order valence-electron chi connectivity index (χ4n) is 4.73. The van der Waals surface area contributed by atoms with Crippen molar-refractivity contribution in [2.75, 3.05) is 10.2 Å². The number of aromatic nitrogens is 3. The van der Waals surface area contributed by atoms with Crippen LogP contribution in [0.25, 0.3) is 0 Å². The zero-order chi connectivity index (χ0) is 26.6. The lowest BCUT2D eigenvalue weighted by Gasteiger charge is -2.27. The number of halogens is 3. The fraction of sp³-hybridized carbons (Fsp3) is 0.385. The van der Waals surface area contributed by atoms with Gasteiger partial charge in [0.2, 0.25) is 0 Å². The summed E-state index contributed by atoms with van der Waals surface area (Å²) in [5.41, 5.74) is -0.800. The van der Waals surface area contributed by atoms with Crippen LogP contribution < -0.4 is 10.2 Å². The molecule has 11 heteroatoms. The summed E-state index contributed by atoms with van der Waals surface area (Å²) in [5, 5.41) is 7.36. The number of urea groups is 1. The molecular weight excluding hydrogens is 485 g/mol. The minimum absolute atomic E-state index is 0.0449. The van der Waals surface area contributed by atoms with Crippen LogP contribution in [0, 0.1) is 0 Å². The Kier molecular flexibility index (Phi) is 5.76. The zero-order valence-electron chi connectivity index (χ0n) is 20.7. The maximum atomic E-state index is 13.5. The molecule has 2 aromatic heterocycles. The van der Waals surface area contributed by atoms with Crippen molar-refractivity contribution >= 4 is 23.4 Å². The van der Waals surface area contributed by atoms with E-state index in [1.165, 1.54) is 29.2 Å². The summed E-state index contributed by atoms with van der Waals surface area (Å²) in [4.78, 5) is 33.5. The van der Waals surface area contributed by atoms with Gasteiger partial charge in [-0.1, -0.05) is 12.1 Å². The number of aryl methyl sites for hydroxylation is 1. The molecule has 1 aliphatic carbocycles. The summed E-state index contributed by atoms with van der Waals surface area (Å²) in [6, 6.07) is 8.64. The first-order chi connectivity index (χ1) is 17.4. The molecule has 1 aliphatic heterocycles. The molecule has 194 valence electrons. The molecule has 8 nitrogen and oxygen atoms in total. The highest BCUT2D eigenvalue weighted by molar-refractivity contribution is 6.22. The topological polar surface area (TPSA) is 83.4 Å². The van der Waals surface area contributed by atoms with Crippen LogP contribution in [0.1, 0.15) is 43.4 Å². The quantitative estimate of drug-likeness (QED) is 0.461. The van der Waals surface area contributed by atoms with Crippen molar-refractivity contribution in [2.45, 2.75) is 56.9 Å². The van der Waals surface area contributed by atoms with Crippen molar-refractivity contribution in [1.82, 2.24) is 19.7 Å². The molecule has 0 spiro atoms. The minimum atomic E-state index is -4.33. The molecule has 1 N–H and O–H groups in total. The first-order valence-corrected chi connectivity index (χ1v) is 11.9. The van der Waals surface area contributed by atoms with E-state index in [4.69, 9.17) is 0 Å². The van der Waals surface area contributed by atoms with Gasteiger partial charge in [-0.3, -0.25) is 9.48 Å². The van der Waals surface area contributed by atoms with Gasteiger partial charge >= 0.3 is 12.2 Å². The van der Waals surface area contributed by atoms with E-state index in [2.05, 4.69) is 15.4 Å². The Balaban J connectivity index is 1.33. The number of nitrogens with one attached hydrogen (secondary N) is 1. The molecule has 2 aliphatic rings. The number of imide groups is 1. The Morgan fingerprint density at radius 1 is 1.05 bits per heavy atom. The Morgan fingerprint density at radius 2 is 1.76 bits per heavy atom. The molecule has 0 radical (unpaired) electrons. The van der Waals surface area contributed by atoms with Crippen LogP contribution in [-0.4, -0.2) is 43.3 Å². The largest absolute Gasteiger partial charge is 0.398 e. The molecular formula is C26H27F3N6O2. The SMILES string of the molecule is Cn1cc(CNc2cc(CN3C(=O)N(c4ccc(C5(C(F)(F)F)CC5)cc4)C(=O)C3(C)C)ccn2)cn1. The lowest BCUT2D eigenvalue weighted by atomic mass is 9.95. The number of hydrogen-bond donors (Lipinski definition) is 1. The Morgan fingerprint density at radius 3 is 2.35 bits per heavy atom. The summed E-state index contributed by atoms with van der Waals surface area (Å²) in [6.45, 7) is 4.00. The minimum Gasteiger partial charge on any atom is -0.366 e. The molecule has 0 atom stereocenters. The van der Waals surface area contributed by atoms with E-state index < -0.39 is 29.1 Å². The predicted octanol–water partition coefficient (Wildman–Crippen LogP) is 4.77. The van der Waals surface area contributed by atoms with Crippen molar-refractivity contribution in [1.29, 1.82) is 0 Å². The molecule has 3 amide bonds. The number of nitrogens with zero attached hydrogens (tertiary/aromatic N) is 5. The lowest BCUT2D eigenvalue weighted by Crippen LogP contribution is -2.43. The van der Waals surface area contributed by atoms with Gasteiger partial charge in [0.05, 0.1) is 17.3 Å². The van der Waals surface area contributed by atoms with Crippen LogP contribution >= 0.6 is 0 Å². The predicted molar refractivity (Wildman–Crippen MR) is 131 cm³/mol. The highest BCUT2D eigenvalue weighted by Crippen LogP contribution is 2.59. The molecule has 0 unspecified atom stereocenters. The van der Waals surface area contributed by atoms with Crippen LogP contribution in [0.2, 0.25) is 0 Å².